The van der Waals surface area contributed by atoms with Gasteiger partial charge in [-0.05, 0) is 175 Å². The van der Waals surface area contributed by atoms with Crippen molar-refractivity contribution in [2.75, 3.05) is 37.7 Å². The van der Waals surface area contributed by atoms with Crippen molar-refractivity contribution in [2.24, 2.45) is 28.4 Å². The number of nitrogens with two attached hydrogens (primary N) is 1. The van der Waals surface area contributed by atoms with E-state index in [4.69, 9.17) is 20.2 Å². The number of benzene rings is 3. The largest absolute Gasteiger partial charge is 0.458 e. The Labute approximate surface area is 567 Å². The number of aliphatic hydroxyl groups is 1. The Morgan fingerprint density at radius 2 is 1.58 bits per heavy atom. The molecule has 2 aliphatic carbocycles. The molecule has 516 valence electrons. The minimum Gasteiger partial charge on any atom is -0.458 e. The second-order valence-corrected chi connectivity index (χ2v) is 29.3. The van der Waals surface area contributed by atoms with Crippen LogP contribution < -0.4 is 37.5 Å². The first kappa shape index (κ1) is 70.0. The van der Waals surface area contributed by atoms with E-state index in [1.807, 2.05) is 95.0 Å². The number of aromatic nitrogens is 2. The van der Waals surface area contributed by atoms with Crippen molar-refractivity contribution in [2.45, 2.75) is 207 Å². The number of hydrogen-bond donors (Lipinski definition) is 6. The molecule has 0 radical (unpaired) electrons. The Morgan fingerprint density at radius 3 is 2.30 bits per heavy atom. The van der Waals surface area contributed by atoms with Gasteiger partial charge in [0.05, 0.1) is 52.9 Å². The number of likely N-dealkylation sites (tertiary alicyclic amines) is 1. The average Bonchev–Trinajstić information content (AvgIpc) is 1.60. The Bertz CT molecular complexity index is 4060. The monoisotopic (exact) mass is 1330 g/mol. The molecule has 1 saturated carbocycles. The smallest absolute Gasteiger partial charge is 0.343 e. The van der Waals surface area contributed by atoms with Crippen LogP contribution in [-0.2, 0) is 74.8 Å². The zero-order valence-electron chi connectivity index (χ0n) is 57.4. The van der Waals surface area contributed by atoms with Crippen molar-refractivity contribution < 1.29 is 52.5 Å². The highest BCUT2D eigenvalue weighted by molar-refractivity contribution is 5.97. The number of hydrogen-bond acceptors (Lipinski definition) is 13. The molecule has 1 unspecified atom stereocenters. The molecule has 0 bridgehead atoms. The molecule has 6 amide bonds. The van der Waals surface area contributed by atoms with E-state index in [9.17, 15) is 43.5 Å². The number of nitrogens with zero attached hydrogens (tertiary/aromatic N) is 4. The van der Waals surface area contributed by atoms with E-state index in [2.05, 4.69) is 33.1 Å². The number of ether oxygens (including phenoxy) is 2. The summed E-state index contributed by atoms with van der Waals surface area (Å²) in [6.07, 6.45) is 8.14. The van der Waals surface area contributed by atoms with Crippen LogP contribution in [-0.4, -0.2) is 111 Å². The molecule has 21 heteroatoms. The third-order valence-corrected chi connectivity index (χ3v) is 21.6. The standard InChI is InChI=1S/C76H94FN9O11/c1-9-76(95)54-40-60-66-52(43-86(60)70(92)53(54)44-96-72(76)94)64-56(24-23-51-46(4)55(77)41-58(80-66)63(51)64)81-68(90)57(19-14-15-35-78)82-69(91)65(45(2)3)83-61(87)27-29-74(7,8)97-39-34-73(5,6)71(93)84-37-32-75(33-38-84)30-25-49(26-31-75)67(89)79-36-28-62(88)85-42-50-18-11-10-16-47(50)21-22-48-17-12-13-20-59(48)85/h10-13,16-18,20,40-41,45,49,56-57,65,95H,9,14-15,19,23-39,42-44,78H2,1-8H3,(H,79,89)(H,81,90)(H,82,91)(H,83,87)/t56?,57-,65-,76-/m0/s1. The maximum Gasteiger partial charge on any atom is 0.343 e. The second kappa shape index (κ2) is 28.6. The Kier molecular flexibility index (Phi) is 20.7. The summed E-state index contributed by atoms with van der Waals surface area (Å²) < 4.78 is 28.9. The maximum atomic E-state index is 15.7. The van der Waals surface area contributed by atoms with Crippen molar-refractivity contribution in [3.8, 4) is 23.2 Å². The van der Waals surface area contributed by atoms with Gasteiger partial charge in [-0.15, -0.1) is 0 Å². The van der Waals surface area contributed by atoms with E-state index >= 15 is 4.39 Å². The van der Waals surface area contributed by atoms with Gasteiger partial charge in [0.2, 0.25) is 35.4 Å². The Balaban J connectivity index is 0.643. The highest BCUT2D eigenvalue weighted by Crippen LogP contribution is 2.49. The molecule has 1 spiro atoms. The number of para-hydroxylation sites is 1. The number of carbonyl (C=O) groups excluding carboxylic acids is 7. The topological polar surface area (TPSA) is 274 Å². The molecule has 4 atom stereocenters. The first-order valence-corrected chi connectivity index (χ1v) is 34.9. The summed E-state index contributed by atoms with van der Waals surface area (Å²) in [7, 11) is 0. The molecule has 11 rings (SSSR count). The molecule has 6 heterocycles. The summed E-state index contributed by atoms with van der Waals surface area (Å²) in [6, 6.07) is 15.8. The predicted octanol–water partition coefficient (Wildman–Crippen LogP) is 8.63. The SMILES string of the molecule is CC[C@@]1(O)C(=O)OCc2c1cc1n(c2=O)Cc2c-1nc1cc(F)c(C)c3c1c2C(NC(=O)[C@H](CCCCN)NC(=O)[C@@H](NC(=O)CCC(C)(C)OCCC(C)(C)C(=O)N1CCC2(CCC(C(=O)NCCC(=O)N4Cc5ccccc5C#Cc5ccccc54)CC2)CC1)C(C)C)CC3. The van der Waals surface area contributed by atoms with E-state index < -0.39 is 63.9 Å². The number of carbonyl (C=O) groups is 7. The van der Waals surface area contributed by atoms with Crippen LogP contribution in [0.3, 0.4) is 0 Å². The van der Waals surface area contributed by atoms with Crippen LogP contribution >= 0.6 is 0 Å². The minimum atomic E-state index is -2.06. The van der Waals surface area contributed by atoms with Crippen molar-refractivity contribution in [1.82, 2.24) is 35.7 Å². The number of rotatable bonds is 23. The van der Waals surface area contributed by atoms with Gasteiger partial charge in [-0.3, -0.25) is 33.6 Å². The predicted molar refractivity (Wildman–Crippen MR) is 366 cm³/mol. The van der Waals surface area contributed by atoms with Crippen LogP contribution in [0.2, 0.25) is 0 Å². The molecule has 7 N–H and O–H groups in total. The number of cyclic esters (lactones) is 1. The molecule has 1 saturated heterocycles. The van der Waals surface area contributed by atoms with Crippen LogP contribution in [0.5, 0.6) is 0 Å². The molecule has 97 heavy (non-hydrogen) atoms. The number of unbranched alkanes of at least 4 members (excludes halogenated alkanes) is 1. The number of halogens is 1. The normalized spacial score (nSPS) is 19.2. The fraction of sp³-hybridized carbons (Fsp3) is 0.539. The lowest BCUT2D eigenvalue weighted by Gasteiger charge is -2.47. The van der Waals surface area contributed by atoms with E-state index in [-0.39, 0.29) is 104 Å². The highest BCUT2D eigenvalue weighted by atomic mass is 19.1. The molecule has 20 nitrogen and oxygen atoms in total. The number of piperidine rings is 1. The minimum absolute atomic E-state index is 0.0115. The van der Waals surface area contributed by atoms with E-state index in [1.165, 1.54) is 10.6 Å². The molecular formula is C76H94FN9O11. The zero-order valence-corrected chi connectivity index (χ0v) is 57.4. The van der Waals surface area contributed by atoms with Gasteiger partial charge >= 0.3 is 5.97 Å². The summed E-state index contributed by atoms with van der Waals surface area (Å²) in [4.78, 5) is 120. The molecule has 4 aliphatic heterocycles. The summed E-state index contributed by atoms with van der Waals surface area (Å²) in [5, 5.41) is 24.4. The van der Waals surface area contributed by atoms with Crippen molar-refractivity contribution in [3.05, 3.63) is 127 Å². The van der Waals surface area contributed by atoms with Crippen LogP contribution in [0.1, 0.15) is 201 Å². The fourth-order valence-corrected chi connectivity index (χ4v) is 15.3. The zero-order chi connectivity index (χ0) is 69.3. The third-order valence-electron chi connectivity index (χ3n) is 21.6. The van der Waals surface area contributed by atoms with Gasteiger partial charge in [0.1, 0.15) is 24.5 Å². The number of nitrogens with one attached hydrogen (secondary N) is 4. The number of pyridine rings is 2. The summed E-state index contributed by atoms with van der Waals surface area (Å²) in [5.41, 5.74) is 9.26. The Hall–Kier alpha value is -8.32. The van der Waals surface area contributed by atoms with Crippen molar-refractivity contribution in [3.63, 3.8) is 0 Å². The van der Waals surface area contributed by atoms with Crippen LogP contribution in [0.15, 0.2) is 65.5 Å². The fourth-order valence-electron chi connectivity index (χ4n) is 15.3. The van der Waals surface area contributed by atoms with Gasteiger partial charge in [0, 0.05) is 84.1 Å². The van der Waals surface area contributed by atoms with Gasteiger partial charge in [0.25, 0.3) is 5.56 Å². The van der Waals surface area contributed by atoms with Gasteiger partial charge in [-0.25, -0.2) is 14.2 Å². The van der Waals surface area contributed by atoms with Gasteiger partial charge in [0.15, 0.2) is 5.60 Å². The quantitative estimate of drug-likeness (QED) is 0.0199. The molecule has 2 fully saturated rings. The van der Waals surface area contributed by atoms with E-state index in [1.54, 1.807) is 24.8 Å². The molecular weight excluding hydrogens is 1230 g/mol. The van der Waals surface area contributed by atoms with Gasteiger partial charge in [-0.1, -0.05) is 76.8 Å². The lowest BCUT2D eigenvalue weighted by molar-refractivity contribution is -0.172. The second-order valence-electron chi connectivity index (χ2n) is 29.3. The highest BCUT2D eigenvalue weighted by Gasteiger charge is 2.47. The summed E-state index contributed by atoms with van der Waals surface area (Å²) >= 11 is 0. The molecule has 5 aromatic rings. The van der Waals surface area contributed by atoms with Crippen molar-refractivity contribution in [1.29, 1.82) is 0 Å². The van der Waals surface area contributed by atoms with Crippen LogP contribution in [0.25, 0.3) is 22.3 Å². The molecule has 6 aliphatic rings. The van der Waals surface area contributed by atoms with E-state index in [0.29, 0.717) is 104 Å². The first-order valence-electron chi connectivity index (χ1n) is 34.9. The summed E-state index contributed by atoms with van der Waals surface area (Å²) in [6.45, 7) is 17.0. The molecule has 2 aromatic heterocycles. The number of esters is 1. The summed E-state index contributed by atoms with van der Waals surface area (Å²) in [5.74, 6) is 3.30. The number of amides is 6. The number of fused-ring (bicyclic) bond motifs is 7. The lowest BCUT2D eigenvalue weighted by atomic mass is 9.65. The maximum absolute atomic E-state index is 15.7. The Morgan fingerprint density at radius 1 is 0.866 bits per heavy atom. The van der Waals surface area contributed by atoms with Gasteiger partial charge in [-0.2, -0.15) is 0 Å². The van der Waals surface area contributed by atoms with Crippen LogP contribution in [0.4, 0.5) is 10.1 Å². The number of anilines is 1. The van der Waals surface area contributed by atoms with Crippen LogP contribution in [0, 0.1) is 47.2 Å². The van der Waals surface area contributed by atoms with Crippen molar-refractivity contribution >= 4 is 58.0 Å². The lowest BCUT2D eigenvalue weighted by Crippen LogP contribution is -2.55. The van der Waals surface area contributed by atoms with E-state index in [0.717, 1.165) is 66.5 Å². The number of aryl methyl sites for hydroxylation is 1. The van der Waals surface area contributed by atoms with Gasteiger partial charge < -0.3 is 55.9 Å². The third kappa shape index (κ3) is 14.5. The molecule has 3 aromatic carbocycles. The first-order chi connectivity index (χ1) is 46.3. The average molecular weight is 1330 g/mol.